The third-order valence-corrected chi connectivity index (χ3v) is 4.52. The summed E-state index contributed by atoms with van der Waals surface area (Å²) in [5.41, 5.74) is 7.99. The van der Waals surface area contributed by atoms with E-state index in [1.807, 2.05) is 18.2 Å². The summed E-state index contributed by atoms with van der Waals surface area (Å²) in [5.74, 6) is 0.612. The van der Waals surface area contributed by atoms with Crippen LogP contribution in [0.2, 0.25) is 0 Å². The number of carbonyl (C=O) groups excluding carboxylic acids is 1. The minimum atomic E-state index is -0.00521. The molecule has 0 spiro atoms. The Morgan fingerprint density at radius 3 is 2.81 bits per heavy atom. The van der Waals surface area contributed by atoms with Crippen LogP contribution in [0.15, 0.2) is 24.3 Å². The Morgan fingerprint density at radius 1 is 1.33 bits per heavy atom. The summed E-state index contributed by atoms with van der Waals surface area (Å²) in [5, 5.41) is 2.96. The van der Waals surface area contributed by atoms with Crippen molar-refractivity contribution >= 4 is 5.91 Å². The van der Waals surface area contributed by atoms with Crippen molar-refractivity contribution < 1.29 is 4.79 Å². The first-order chi connectivity index (χ1) is 10.2. The number of nitrogens with zero attached hydrogens (tertiary/aromatic N) is 1. The lowest BCUT2D eigenvalue weighted by molar-refractivity contribution is 0.0950. The molecule has 114 valence electrons. The zero-order valence-electron chi connectivity index (χ0n) is 12.6. The molecular weight excluding hydrogens is 262 g/mol. The SMILES string of the molecule is NC(CNC(=O)c1cccc(CN2CCCC2)c1)C1CC1. The number of rotatable bonds is 6. The molecule has 4 heteroatoms. The number of amides is 1. The lowest BCUT2D eigenvalue weighted by Crippen LogP contribution is -2.38. The minimum Gasteiger partial charge on any atom is -0.350 e. The van der Waals surface area contributed by atoms with Crippen LogP contribution >= 0.6 is 0 Å². The van der Waals surface area contributed by atoms with Gasteiger partial charge in [-0.3, -0.25) is 9.69 Å². The highest BCUT2D eigenvalue weighted by Crippen LogP contribution is 2.31. The third kappa shape index (κ3) is 4.05. The van der Waals surface area contributed by atoms with Crippen LogP contribution in [0.1, 0.15) is 41.6 Å². The molecule has 2 aliphatic rings. The molecule has 1 saturated carbocycles. The monoisotopic (exact) mass is 287 g/mol. The Labute approximate surface area is 126 Å². The largest absolute Gasteiger partial charge is 0.350 e. The fraction of sp³-hybridized carbons (Fsp3) is 0.588. The van der Waals surface area contributed by atoms with Gasteiger partial charge in [0.25, 0.3) is 5.91 Å². The molecule has 1 heterocycles. The number of nitrogens with two attached hydrogens (primary N) is 1. The smallest absolute Gasteiger partial charge is 0.251 e. The Bertz CT molecular complexity index is 493. The lowest BCUT2D eigenvalue weighted by Gasteiger charge is -2.15. The third-order valence-electron chi connectivity index (χ3n) is 4.52. The van der Waals surface area contributed by atoms with Gasteiger partial charge in [0.1, 0.15) is 0 Å². The highest BCUT2D eigenvalue weighted by molar-refractivity contribution is 5.94. The van der Waals surface area contributed by atoms with Gasteiger partial charge < -0.3 is 11.1 Å². The van der Waals surface area contributed by atoms with Crippen molar-refractivity contribution in [2.75, 3.05) is 19.6 Å². The van der Waals surface area contributed by atoms with E-state index in [4.69, 9.17) is 5.73 Å². The van der Waals surface area contributed by atoms with Crippen molar-refractivity contribution in [2.45, 2.75) is 38.3 Å². The Morgan fingerprint density at radius 2 is 2.10 bits per heavy atom. The van der Waals surface area contributed by atoms with Crippen molar-refractivity contribution in [1.29, 1.82) is 0 Å². The van der Waals surface area contributed by atoms with Gasteiger partial charge in [-0.25, -0.2) is 0 Å². The molecule has 1 saturated heterocycles. The number of benzene rings is 1. The van der Waals surface area contributed by atoms with E-state index in [1.54, 1.807) is 0 Å². The zero-order valence-corrected chi connectivity index (χ0v) is 12.6. The van der Waals surface area contributed by atoms with E-state index in [9.17, 15) is 4.79 Å². The molecule has 0 radical (unpaired) electrons. The molecule has 21 heavy (non-hydrogen) atoms. The predicted octanol–water partition coefficient (Wildman–Crippen LogP) is 1.75. The number of hydrogen-bond donors (Lipinski definition) is 2. The molecule has 2 fully saturated rings. The highest BCUT2D eigenvalue weighted by Gasteiger charge is 2.28. The summed E-state index contributed by atoms with van der Waals surface area (Å²) < 4.78 is 0. The summed E-state index contributed by atoms with van der Waals surface area (Å²) >= 11 is 0. The Hall–Kier alpha value is -1.39. The van der Waals surface area contributed by atoms with Crippen LogP contribution in [0.4, 0.5) is 0 Å². The quantitative estimate of drug-likeness (QED) is 0.838. The lowest BCUT2D eigenvalue weighted by atomic mass is 10.1. The number of carbonyl (C=O) groups is 1. The number of hydrogen-bond acceptors (Lipinski definition) is 3. The van der Waals surface area contributed by atoms with Gasteiger partial charge in [-0.2, -0.15) is 0 Å². The van der Waals surface area contributed by atoms with Crippen LogP contribution in [0, 0.1) is 5.92 Å². The summed E-state index contributed by atoms with van der Waals surface area (Å²) in [6.07, 6.45) is 5.00. The van der Waals surface area contributed by atoms with E-state index in [0.29, 0.717) is 12.5 Å². The molecule has 0 bridgehead atoms. The summed E-state index contributed by atoms with van der Waals surface area (Å²) in [6, 6.07) is 8.08. The average molecular weight is 287 g/mol. The van der Waals surface area contributed by atoms with E-state index < -0.39 is 0 Å². The number of nitrogens with one attached hydrogen (secondary N) is 1. The van der Waals surface area contributed by atoms with Crippen molar-refractivity contribution in [1.82, 2.24) is 10.2 Å². The summed E-state index contributed by atoms with van der Waals surface area (Å²) in [7, 11) is 0. The molecule has 4 nitrogen and oxygen atoms in total. The maximum absolute atomic E-state index is 12.2. The average Bonchev–Trinajstić information content (AvgIpc) is 3.23. The molecule has 1 aliphatic carbocycles. The molecule has 3 N–H and O–H groups in total. The molecule has 3 rings (SSSR count). The van der Waals surface area contributed by atoms with Gasteiger partial charge >= 0.3 is 0 Å². The zero-order chi connectivity index (χ0) is 14.7. The molecule has 1 aromatic carbocycles. The van der Waals surface area contributed by atoms with Crippen molar-refractivity contribution in [3.63, 3.8) is 0 Å². The molecule has 0 aromatic heterocycles. The van der Waals surface area contributed by atoms with Gasteiger partial charge in [-0.1, -0.05) is 12.1 Å². The molecule has 1 amide bonds. The van der Waals surface area contributed by atoms with E-state index in [0.717, 1.165) is 12.1 Å². The van der Waals surface area contributed by atoms with E-state index >= 15 is 0 Å². The minimum absolute atomic E-state index is 0.00521. The van der Waals surface area contributed by atoms with Crippen molar-refractivity contribution in [3.05, 3.63) is 35.4 Å². The van der Waals surface area contributed by atoms with Gasteiger partial charge in [-0.15, -0.1) is 0 Å². The molecule has 1 aliphatic heterocycles. The second-order valence-corrected chi connectivity index (χ2v) is 6.39. The maximum Gasteiger partial charge on any atom is 0.251 e. The Balaban J connectivity index is 1.54. The standard InChI is InChI=1S/C17H25N3O/c18-16(14-6-7-14)11-19-17(21)15-5-3-4-13(10-15)12-20-8-1-2-9-20/h3-5,10,14,16H,1-2,6-9,11-12,18H2,(H,19,21). The topological polar surface area (TPSA) is 58.4 Å². The first-order valence-electron chi connectivity index (χ1n) is 8.07. The van der Waals surface area contributed by atoms with Crippen LogP contribution in [-0.2, 0) is 6.54 Å². The fourth-order valence-corrected chi connectivity index (χ4v) is 3.01. The summed E-state index contributed by atoms with van der Waals surface area (Å²) in [6.45, 7) is 3.88. The van der Waals surface area contributed by atoms with E-state index in [1.165, 1.54) is 44.3 Å². The fourth-order valence-electron chi connectivity index (χ4n) is 3.01. The first kappa shape index (κ1) is 14.5. The maximum atomic E-state index is 12.2. The van der Waals surface area contributed by atoms with Gasteiger partial charge in [0, 0.05) is 24.7 Å². The first-order valence-corrected chi connectivity index (χ1v) is 8.07. The molecule has 1 atom stereocenters. The van der Waals surface area contributed by atoms with E-state index in [2.05, 4.69) is 16.3 Å². The molecule has 1 aromatic rings. The Kier molecular flexibility index (Phi) is 4.56. The van der Waals surface area contributed by atoms with E-state index in [-0.39, 0.29) is 11.9 Å². The predicted molar refractivity (Wildman–Crippen MR) is 84.0 cm³/mol. The van der Waals surface area contributed by atoms with Crippen LogP contribution in [0.5, 0.6) is 0 Å². The van der Waals surface area contributed by atoms with Gasteiger partial charge in [0.15, 0.2) is 0 Å². The summed E-state index contributed by atoms with van der Waals surface area (Å²) in [4.78, 5) is 14.6. The van der Waals surface area contributed by atoms with Gasteiger partial charge in [-0.05, 0) is 62.4 Å². The normalized spacial score (nSPS) is 20.4. The van der Waals surface area contributed by atoms with Crippen LogP contribution in [0.25, 0.3) is 0 Å². The second-order valence-electron chi connectivity index (χ2n) is 6.39. The second kappa shape index (κ2) is 6.58. The van der Waals surface area contributed by atoms with Crippen LogP contribution in [-0.4, -0.2) is 36.5 Å². The highest BCUT2D eigenvalue weighted by atomic mass is 16.1. The van der Waals surface area contributed by atoms with Crippen LogP contribution in [0.3, 0.4) is 0 Å². The van der Waals surface area contributed by atoms with Gasteiger partial charge in [0.05, 0.1) is 0 Å². The number of likely N-dealkylation sites (tertiary alicyclic amines) is 1. The van der Waals surface area contributed by atoms with Crippen LogP contribution < -0.4 is 11.1 Å². The molecule has 1 unspecified atom stereocenters. The molecular formula is C17H25N3O. The van der Waals surface area contributed by atoms with Crippen molar-refractivity contribution in [2.24, 2.45) is 11.7 Å². The van der Waals surface area contributed by atoms with Crippen molar-refractivity contribution in [3.8, 4) is 0 Å². The van der Waals surface area contributed by atoms with Gasteiger partial charge in [0.2, 0.25) is 0 Å².